The van der Waals surface area contributed by atoms with Crippen LogP contribution in [0.3, 0.4) is 0 Å². The maximum Gasteiger partial charge on any atom is 0.402 e. The van der Waals surface area contributed by atoms with Gasteiger partial charge in [0.1, 0.15) is 17.3 Å². The van der Waals surface area contributed by atoms with E-state index in [9.17, 15) is 21.6 Å². The molecule has 2 N–H and O–H groups in total. The predicted octanol–water partition coefficient (Wildman–Crippen LogP) is 1.73. The minimum Gasteiger partial charge on any atom is -0.372 e. The Labute approximate surface area is 110 Å². The molecule has 0 atom stereocenters. The Balaban J connectivity index is 3.08. The number of anilines is 1. The first-order valence-electron chi connectivity index (χ1n) is 4.55. The van der Waals surface area contributed by atoms with Crippen LogP contribution in [0.15, 0.2) is 21.6 Å². The van der Waals surface area contributed by atoms with Crippen LogP contribution in [0.4, 0.5) is 19.0 Å². The van der Waals surface area contributed by atoms with Crippen molar-refractivity contribution in [2.45, 2.75) is 11.1 Å². The molecule has 0 amide bonds. The van der Waals surface area contributed by atoms with E-state index in [1.165, 1.54) is 18.0 Å². The van der Waals surface area contributed by atoms with Gasteiger partial charge in [0, 0.05) is 17.7 Å². The van der Waals surface area contributed by atoms with E-state index in [4.69, 9.17) is 0 Å². The molecule has 0 aliphatic heterocycles. The van der Waals surface area contributed by atoms with Crippen LogP contribution in [0, 0.1) is 0 Å². The molecule has 1 heterocycles. The molecule has 10 heteroatoms. The first-order valence-corrected chi connectivity index (χ1v) is 6.83. The summed E-state index contributed by atoms with van der Waals surface area (Å²) in [6.45, 7) is -1.63. The Kier molecular flexibility index (Phi) is 4.56. The molecule has 0 aliphatic rings. The van der Waals surface area contributed by atoms with E-state index in [1.807, 2.05) is 0 Å². The number of pyridine rings is 1. The monoisotopic (exact) mass is 347 g/mol. The fraction of sp³-hybridized carbons (Fsp3) is 0.375. The third-order valence-electron chi connectivity index (χ3n) is 1.81. The van der Waals surface area contributed by atoms with Crippen LogP contribution >= 0.6 is 15.9 Å². The Morgan fingerprint density at radius 2 is 2.06 bits per heavy atom. The molecule has 1 aromatic rings. The Bertz CT molecular complexity index is 533. The van der Waals surface area contributed by atoms with Gasteiger partial charge in [-0.2, -0.15) is 13.2 Å². The third kappa shape index (κ3) is 4.10. The summed E-state index contributed by atoms with van der Waals surface area (Å²) in [6.07, 6.45) is -3.29. The number of aromatic nitrogens is 1. The van der Waals surface area contributed by atoms with Crippen LogP contribution in [-0.2, 0) is 10.0 Å². The molecule has 0 aliphatic carbocycles. The zero-order valence-electron chi connectivity index (χ0n) is 9.05. The Morgan fingerprint density at radius 1 is 1.44 bits per heavy atom. The standard InChI is InChI=1S/C8H9BrF3N3O2S/c1-13-7-6(2-5(9)3-14-7)18(16,17)15-4-8(10,11)12/h2-3,15H,4H2,1H3,(H,13,14). The van der Waals surface area contributed by atoms with Crippen LogP contribution in [0.1, 0.15) is 0 Å². The van der Waals surface area contributed by atoms with Gasteiger partial charge in [0.25, 0.3) is 0 Å². The van der Waals surface area contributed by atoms with E-state index >= 15 is 0 Å². The van der Waals surface area contributed by atoms with Crippen LogP contribution in [0.2, 0.25) is 0 Å². The summed E-state index contributed by atoms with van der Waals surface area (Å²) in [5.74, 6) is -0.0344. The van der Waals surface area contributed by atoms with Crippen LogP contribution in [-0.4, -0.2) is 33.2 Å². The molecule has 0 bridgehead atoms. The lowest BCUT2D eigenvalue weighted by molar-refractivity contribution is -0.121. The van der Waals surface area contributed by atoms with Crippen molar-refractivity contribution in [1.29, 1.82) is 0 Å². The Hall–Kier alpha value is -0.870. The number of hydrogen-bond donors (Lipinski definition) is 2. The van der Waals surface area contributed by atoms with Gasteiger partial charge in [0.05, 0.1) is 0 Å². The normalized spacial score (nSPS) is 12.5. The second-order valence-corrected chi connectivity index (χ2v) is 5.84. The molecule has 0 spiro atoms. The molecule has 0 aromatic carbocycles. The van der Waals surface area contributed by atoms with Gasteiger partial charge in [0.2, 0.25) is 10.0 Å². The molecule has 0 fully saturated rings. The van der Waals surface area contributed by atoms with Crippen molar-refractivity contribution in [2.75, 3.05) is 18.9 Å². The first-order chi connectivity index (χ1) is 8.15. The number of halogens is 4. The third-order valence-corrected chi connectivity index (χ3v) is 3.66. The lowest BCUT2D eigenvalue weighted by Gasteiger charge is -2.12. The van der Waals surface area contributed by atoms with E-state index in [-0.39, 0.29) is 10.7 Å². The van der Waals surface area contributed by atoms with Gasteiger partial charge >= 0.3 is 6.18 Å². The molecule has 1 aromatic heterocycles. The van der Waals surface area contributed by atoms with Crippen LogP contribution < -0.4 is 10.0 Å². The highest BCUT2D eigenvalue weighted by Gasteiger charge is 2.31. The smallest absolute Gasteiger partial charge is 0.372 e. The van der Waals surface area contributed by atoms with Gasteiger partial charge in [-0.3, -0.25) is 0 Å². The van der Waals surface area contributed by atoms with E-state index in [0.29, 0.717) is 4.47 Å². The highest BCUT2D eigenvalue weighted by Crippen LogP contribution is 2.23. The zero-order valence-corrected chi connectivity index (χ0v) is 11.4. The number of nitrogens with zero attached hydrogens (tertiary/aromatic N) is 1. The highest BCUT2D eigenvalue weighted by molar-refractivity contribution is 9.10. The van der Waals surface area contributed by atoms with Crippen molar-refractivity contribution in [3.8, 4) is 0 Å². The number of nitrogens with one attached hydrogen (secondary N) is 2. The molecule has 18 heavy (non-hydrogen) atoms. The lowest BCUT2D eigenvalue weighted by atomic mass is 10.4. The topological polar surface area (TPSA) is 71.1 Å². The van der Waals surface area contributed by atoms with Gasteiger partial charge < -0.3 is 5.32 Å². The number of alkyl halides is 3. The number of sulfonamides is 1. The zero-order chi connectivity index (χ0) is 14.0. The predicted molar refractivity (Wildman–Crippen MR) is 62.7 cm³/mol. The van der Waals surface area contributed by atoms with Crippen LogP contribution in [0.5, 0.6) is 0 Å². The average Bonchev–Trinajstić information content (AvgIpc) is 2.26. The van der Waals surface area contributed by atoms with E-state index < -0.39 is 22.7 Å². The fourth-order valence-corrected chi connectivity index (χ4v) is 2.75. The summed E-state index contributed by atoms with van der Waals surface area (Å²) in [7, 11) is -2.87. The Morgan fingerprint density at radius 3 is 2.56 bits per heavy atom. The molecule has 102 valence electrons. The van der Waals surface area contributed by atoms with E-state index in [2.05, 4.69) is 26.2 Å². The average molecular weight is 348 g/mol. The van der Waals surface area contributed by atoms with Crippen molar-refractivity contribution in [2.24, 2.45) is 0 Å². The van der Waals surface area contributed by atoms with Crippen molar-refractivity contribution in [3.63, 3.8) is 0 Å². The molecular formula is C8H9BrF3N3O2S. The minimum atomic E-state index is -4.62. The SMILES string of the molecule is CNc1ncc(Br)cc1S(=O)(=O)NCC(F)(F)F. The largest absolute Gasteiger partial charge is 0.402 e. The summed E-state index contributed by atoms with van der Waals surface area (Å²) < 4.78 is 61.2. The molecule has 0 unspecified atom stereocenters. The molecule has 0 radical (unpaired) electrons. The van der Waals surface area contributed by atoms with Crippen molar-refractivity contribution in [1.82, 2.24) is 9.71 Å². The molecule has 5 nitrogen and oxygen atoms in total. The summed E-state index contributed by atoms with van der Waals surface area (Å²) >= 11 is 3.00. The second kappa shape index (κ2) is 5.41. The van der Waals surface area contributed by atoms with E-state index in [1.54, 1.807) is 0 Å². The summed E-state index contributed by atoms with van der Waals surface area (Å²) in [6, 6.07) is 1.16. The fourth-order valence-electron chi connectivity index (χ4n) is 1.07. The van der Waals surface area contributed by atoms with Gasteiger partial charge in [0.15, 0.2) is 0 Å². The van der Waals surface area contributed by atoms with Gasteiger partial charge in [-0.15, -0.1) is 0 Å². The quantitative estimate of drug-likeness (QED) is 0.870. The van der Waals surface area contributed by atoms with Crippen molar-refractivity contribution in [3.05, 3.63) is 16.7 Å². The van der Waals surface area contributed by atoms with E-state index in [0.717, 1.165) is 6.07 Å². The minimum absolute atomic E-state index is 0.0344. The maximum absolute atomic E-state index is 12.0. The first kappa shape index (κ1) is 15.2. The summed E-state index contributed by atoms with van der Waals surface area (Å²) in [5.41, 5.74) is 0. The maximum atomic E-state index is 12.0. The van der Waals surface area contributed by atoms with Crippen molar-refractivity contribution >= 4 is 31.8 Å². The van der Waals surface area contributed by atoms with Crippen LogP contribution in [0.25, 0.3) is 0 Å². The second-order valence-electron chi connectivity index (χ2n) is 3.19. The van der Waals surface area contributed by atoms with Gasteiger partial charge in [-0.25, -0.2) is 18.1 Å². The summed E-state index contributed by atoms with van der Waals surface area (Å²) in [4.78, 5) is 3.39. The lowest BCUT2D eigenvalue weighted by Crippen LogP contribution is -2.34. The highest BCUT2D eigenvalue weighted by atomic mass is 79.9. The van der Waals surface area contributed by atoms with Gasteiger partial charge in [-0.1, -0.05) is 0 Å². The van der Waals surface area contributed by atoms with Gasteiger partial charge in [-0.05, 0) is 22.0 Å². The molecule has 0 saturated carbocycles. The number of rotatable bonds is 4. The summed E-state index contributed by atoms with van der Waals surface area (Å²) in [5, 5.41) is 2.49. The molecule has 0 saturated heterocycles. The number of hydrogen-bond acceptors (Lipinski definition) is 4. The molecule has 1 rings (SSSR count). The molecular weight excluding hydrogens is 339 g/mol. The van der Waals surface area contributed by atoms with Crippen molar-refractivity contribution < 1.29 is 21.6 Å².